The molecular weight excluding hydrogens is 370 g/mol. The number of hydrogen-bond acceptors (Lipinski definition) is 7. The first-order valence-corrected chi connectivity index (χ1v) is 9.64. The SMILES string of the molecule is Cc1nnc(SCc2c(C(=O)Nc3ccn(C)n3)oc3ccccc23)s1. The monoisotopic (exact) mass is 385 g/mol. The number of nitrogens with zero attached hydrogens (tertiary/aromatic N) is 4. The third-order valence-electron chi connectivity index (χ3n) is 3.71. The van der Waals surface area contributed by atoms with Crippen LogP contribution in [0, 0.1) is 6.92 Å². The Morgan fingerprint density at radius 1 is 1.31 bits per heavy atom. The molecule has 0 fully saturated rings. The van der Waals surface area contributed by atoms with Gasteiger partial charge in [-0.25, -0.2) is 0 Å². The molecule has 0 unspecified atom stereocenters. The standard InChI is InChI=1S/C17H15N5O2S2/c1-10-19-20-17(26-10)25-9-12-11-5-3-4-6-13(11)24-15(12)16(23)18-14-7-8-22(2)21-14/h3-8H,9H2,1-2H3,(H,18,21,23). The fourth-order valence-electron chi connectivity index (χ4n) is 2.55. The third kappa shape index (κ3) is 3.35. The Bertz CT molecular complexity index is 1080. The van der Waals surface area contributed by atoms with Crippen molar-refractivity contribution in [3.63, 3.8) is 0 Å². The van der Waals surface area contributed by atoms with E-state index in [0.717, 1.165) is 20.3 Å². The fraction of sp³-hybridized carbons (Fsp3) is 0.176. The number of anilines is 1. The van der Waals surface area contributed by atoms with Gasteiger partial charge >= 0.3 is 0 Å². The third-order valence-corrected chi connectivity index (χ3v) is 5.71. The van der Waals surface area contributed by atoms with Crippen molar-refractivity contribution in [2.75, 3.05) is 5.32 Å². The van der Waals surface area contributed by atoms with Crippen molar-refractivity contribution in [1.82, 2.24) is 20.0 Å². The number of furan rings is 1. The molecular formula is C17H15N5O2S2. The lowest BCUT2D eigenvalue weighted by Gasteiger charge is -2.02. The first-order valence-electron chi connectivity index (χ1n) is 7.84. The van der Waals surface area contributed by atoms with Crippen molar-refractivity contribution in [3.8, 4) is 0 Å². The van der Waals surface area contributed by atoms with Crippen LogP contribution in [0.25, 0.3) is 11.0 Å². The molecule has 0 aliphatic rings. The summed E-state index contributed by atoms with van der Waals surface area (Å²) in [6.45, 7) is 1.92. The summed E-state index contributed by atoms with van der Waals surface area (Å²) in [7, 11) is 1.79. The van der Waals surface area contributed by atoms with E-state index in [1.54, 1.807) is 35.8 Å². The highest BCUT2D eigenvalue weighted by Gasteiger charge is 2.21. The summed E-state index contributed by atoms with van der Waals surface area (Å²) in [6.07, 6.45) is 1.77. The lowest BCUT2D eigenvalue weighted by Crippen LogP contribution is -2.13. The number of fused-ring (bicyclic) bond motifs is 1. The summed E-state index contributed by atoms with van der Waals surface area (Å²) < 4.78 is 8.33. The largest absolute Gasteiger partial charge is 0.451 e. The van der Waals surface area contributed by atoms with Gasteiger partial charge in [0.25, 0.3) is 5.91 Å². The number of rotatable bonds is 5. The summed E-state index contributed by atoms with van der Waals surface area (Å²) in [5, 5.41) is 17.0. The lowest BCUT2D eigenvalue weighted by molar-refractivity contribution is 0.0997. The van der Waals surface area contributed by atoms with E-state index in [1.165, 1.54) is 11.3 Å². The highest BCUT2D eigenvalue weighted by molar-refractivity contribution is 8.00. The van der Waals surface area contributed by atoms with Gasteiger partial charge in [-0.3, -0.25) is 9.48 Å². The summed E-state index contributed by atoms with van der Waals surface area (Å²) in [5.41, 5.74) is 1.52. The molecule has 0 bridgehead atoms. The van der Waals surface area contributed by atoms with Gasteiger partial charge in [-0.1, -0.05) is 41.3 Å². The van der Waals surface area contributed by atoms with E-state index in [-0.39, 0.29) is 5.91 Å². The Kier molecular flexibility index (Phi) is 4.48. The van der Waals surface area contributed by atoms with Crippen LogP contribution >= 0.6 is 23.1 Å². The number of hydrogen-bond donors (Lipinski definition) is 1. The Labute approximate surface area is 157 Å². The van der Waals surface area contributed by atoms with Crippen LogP contribution in [-0.2, 0) is 12.8 Å². The second-order valence-corrected chi connectivity index (χ2v) is 8.01. The Morgan fingerprint density at radius 2 is 2.15 bits per heavy atom. The molecule has 1 N–H and O–H groups in total. The molecule has 1 aromatic carbocycles. The van der Waals surface area contributed by atoms with E-state index < -0.39 is 0 Å². The molecule has 3 heterocycles. The number of nitrogens with one attached hydrogen (secondary N) is 1. The van der Waals surface area contributed by atoms with Gasteiger partial charge in [-0.15, -0.1) is 10.2 Å². The van der Waals surface area contributed by atoms with Gasteiger partial charge in [0.2, 0.25) is 0 Å². The van der Waals surface area contributed by atoms with E-state index >= 15 is 0 Å². The smallest absolute Gasteiger partial charge is 0.292 e. The molecule has 1 amide bonds. The van der Waals surface area contributed by atoms with E-state index in [4.69, 9.17) is 4.42 Å². The molecule has 0 aliphatic heterocycles. The molecule has 0 radical (unpaired) electrons. The summed E-state index contributed by atoms with van der Waals surface area (Å²) in [4.78, 5) is 12.7. The van der Waals surface area contributed by atoms with Gasteiger partial charge in [0.1, 0.15) is 10.6 Å². The number of amides is 1. The molecule has 3 aromatic heterocycles. The minimum Gasteiger partial charge on any atom is -0.451 e. The molecule has 26 heavy (non-hydrogen) atoms. The molecule has 0 saturated heterocycles. The molecule has 132 valence electrons. The van der Waals surface area contributed by atoms with Crippen LogP contribution in [0.5, 0.6) is 0 Å². The number of carbonyl (C=O) groups is 1. The van der Waals surface area contributed by atoms with Crippen LogP contribution in [0.15, 0.2) is 45.3 Å². The van der Waals surface area contributed by atoms with Gasteiger partial charge in [-0.2, -0.15) is 5.10 Å². The first kappa shape index (κ1) is 16.8. The normalized spacial score (nSPS) is 11.2. The van der Waals surface area contributed by atoms with E-state index in [2.05, 4.69) is 20.6 Å². The zero-order valence-electron chi connectivity index (χ0n) is 14.1. The van der Waals surface area contributed by atoms with Gasteiger partial charge < -0.3 is 9.73 Å². The zero-order chi connectivity index (χ0) is 18.1. The highest BCUT2D eigenvalue weighted by atomic mass is 32.2. The summed E-state index contributed by atoms with van der Waals surface area (Å²) in [6, 6.07) is 9.37. The molecule has 4 rings (SSSR count). The number of carbonyl (C=O) groups excluding carboxylic acids is 1. The average Bonchev–Trinajstić information content (AvgIpc) is 3.32. The molecule has 9 heteroatoms. The highest BCUT2D eigenvalue weighted by Crippen LogP contribution is 2.33. The van der Waals surface area contributed by atoms with Gasteiger partial charge in [0.05, 0.1) is 0 Å². The van der Waals surface area contributed by atoms with Crippen LogP contribution in [0.4, 0.5) is 5.82 Å². The Balaban J connectivity index is 1.65. The van der Waals surface area contributed by atoms with Crippen molar-refractivity contribution < 1.29 is 9.21 Å². The maximum atomic E-state index is 12.7. The maximum absolute atomic E-state index is 12.7. The molecule has 7 nitrogen and oxygen atoms in total. The lowest BCUT2D eigenvalue weighted by atomic mass is 10.1. The topological polar surface area (TPSA) is 85.8 Å². The van der Waals surface area contributed by atoms with Crippen LogP contribution in [-0.4, -0.2) is 25.9 Å². The molecule has 0 spiro atoms. The fourth-order valence-corrected chi connectivity index (χ4v) is 4.39. The quantitative estimate of drug-likeness (QED) is 0.525. The predicted octanol–water partition coefficient (Wildman–Crippen LogP) is 3.87. The van der Waals surface area contributed by atoms with E-state index in [1.807, 2.05) is 31.2 Å². The van der Waals surface area contributed by atoms with Crippen molar-refractivity contribution in [2.45, 2.75) is 17.0 Å². The summed E-state index contributed by atoms with van der Waals surface area (Å²) >= 11 is 3.07. The van der Waals surface area contributed by atoms with Crippen LogP contribution < -0.4 is 5.32 Å². The van der Waals surface area contributed by atoms with Gasteiger partial charge in [-0.05, 0) is 13.0 Å². The number of aryl methyl sites for hydroxylation is 2. The number of para-hydroxylation sites is 1. The second kappa shape index (κ2) is 6.93. The molecule has 0 saturated carbocycles. The van der Waals surface area contributed by atoms with Crippen LogP contribution in [0.1, 0.15) is 21.1 Å². The average molecular weight is 385 g/mol. The van der Waals surface area contributed by atoms with Crippen LogP contribution in [0.2, 0.25) is 0 Å². The number of aromatic nitrogens is 4. The van der Waals surface area contributed by atoms with Crippen molar-refractivity contribution in [1.29, 1.82) is 0 Å². The van der Waals surface area contributed by atoms with Crippen molar-refractivity contribution >= 4 is 45.8 Å². The van der Waals surface area contributed by atoms with Crippen molar-refractivity contribution in [2.24, 2.45) is 7.05 Å². The van der Waals surface area contributed by atoms with E-state index in [9.17, 15) is 4.79 Å². The predicted molar refractivity (Wildman–Crippen MR) is 102 cm³/mol. The molecule has 0 aliphatic carbocycles. The molecule has 0 atom stereocenters. The van der Waals surface area contributed by atoms with Gasteiger partial charge in [0, 0.05) is 36.0 Å². The number of benzene rings is 1. The van der Waals surface area contributed by atoms with Crippen LogP contribution in [0.3, 0.4) is 0 Å². The van der Waals surface area contributed by atoms with Crippen molar-refractivity contribution in [3.05, 3.63) is 52.9 Å². The first-order chi connectivity index (χ1) is 12.6. The minimum absolute atomic E-state index is 0.297. The summed E-state index contributed by atoms with van der Waals surface area (Å²) in [5.74, 6) is 1.03. The maximum Gasteiger partial charge on any atom is 0.292 e. The van der Waals surface area contributed by atoms with Gasteiger partial charge in [0.15, 0.2) is 15.9 Å². The second-order valence-electron chi connectivity index (χ2n) is 5.61. The Morgan fingerprint density at radius 3 is 2.88 bits per heavy atom. The van der Waals surface area contributed by atoms with E-state index in [0.29, 0.717) is 22.9 Å². The molecule has 4 aromatic rings. The minimum atomic E-state index is -0.316. The Hall–Kier alpha value is -2.65. The number of thioether (sulfide) groups is 1. The zero-order valence-corrected chi connectivity index (χ0v) is 15.7.